The highest BCUT2D eigenvalue weighted by atomic mass is 19.4. The van der Waals surface area contributed by atoms with Crippen LogP contribution in [0.4, 0.5) is 17.6 Å². The Labute approximate surface area is 105 Å². The van der Waals surface area contributed by atoms with Crippen molar-refractivity contribution in [3.8, 4) is 5.75 Å². The Hall–Kier alpha value is -2.05. The van der Waals surface area contributed by atoms with Crippen LogP contribution in [0, 0.1) is 12.7 Å². The molecule has 1 heterocycles. The number of rotatable bonds is 1. The van der Waals surface area contributed by atoms with Gasteiger partial charge in [-0.25, -0.2) is 9.18 Å². The second-order valence-corrected chi connectivity index (χ2v) is 4.09. The molecule has 1 aromatic carbocycles. The third-order valence-electron chi connectivity index (χ3n) is 2.64. The number of hydrogen-bond acceptors (Lipinski definition) is 2. The molecule has 0 amide bonds. The van der Waals surface area contributed by atoms with E-state index in [0.717, 1.165) is 18.2 Å². The summed E-state index contributed by atoms with van der Waals surface area (Å²) in [6, 6.07) is 1.95. The van der Waals surface area contributed by atoms with E-state index >= 15 is 0 Å². The number of carboxylic acids is 1. The van der Waals surface area contributed by atoms with Crippen LogP contribution >= 0.6 is 0 Å². The SMILES string of the molecule is Cc1cc(F)cc2c1OC(C(F)(F)F)C(C(=O)O)=C2. The van der Waals surface area contributed by atoms with Gasteiger partial charge in [0.2, 0.25) is 6.10 Å². The predicted molar refractivity (Wildman–Crippen MR) is 57.2 cm³/mol. The molecule has 1 aliphatic rings. The number of alkyl halides is 3. The molecular weight excluding hydrogens is 268 g/mol. The molecule has 0 fully saturated rings. The smallest absolute Gasteiger partial charge is 0.430 e. The van der Waals surface area contributed by atoms with Gasteiger partial charge < -0.3 is 9.84 Å². The summed E-state index contributed by atoms with van der Waals surface area (Å²) in [5, 5.41) is 8.79. The number of ether oxygens (including phenoxy) is 1. The first-order chi connectivity index (χ1) is 8.70. The van der Waals surface area contributed by atoms with E-state index in [1.165, 1.54) is 6.92 Å². The summed E-state index contributed by atoms with van der Waals surface area (Å²) in [5.41, 5.74) is -0.815. The van der Waals surface area contributed by atoms with Gasteiger partial charge in [-0.3, -0.25) is 0 Å². The Morgan fingerprint density at radius 2 is 2.00 bits per heavy atom. The van der Waals surface area contributed by atoms with Crippen molar-refractivity contribution in [1.82, 2.24) is 0 Å². The molecule has 1 aromatic rings. The van der Waals surface area contributed by atoms with Crippen LogP contribution in [0.5, 0.6) is 5.75 Å². The van der Waals surface area contributed by atoms with Crippen molar-refractivity contribution in [3.05, 3.63) is 34.6 Å². The zero-order chi connectivity index (χ0) is 14.4. The molecule has 19 heavy (non-hydrogen) atoms. The average Bonchev–Trinajstić information content (AvgIpc) is 2.25. The maximum atomic E-state index is 13.2. The summed E-state index contributed by atoms with van der Waals surface area (Å²) in [6.07, 6.45) is -6.63. The minimum absolute atomic E-state index is 0.0181. The highest BCUT2D eigenvalue weighted by molar-refractivity contribution is 5.95. The lowest BCUT2D eigenvalue weighted by atomic mass is 9.99. The third-order valence-corrected chi connectivity index (χ3v) is 2.64. The normalized spacial score (nSPS) is 18.4. The van der Waals surface area contributed by atoms with Gasteiger partial charge in [0.15, 0.2) is 0 Å². The average molecular weight is 276 g/mol. The van der Waals surface area contributed by atoms with Crippen LogP contribution < -0.4 is 4.74 Å². The Morgan fingerprint density at radius 1 is 1.37 bits per heavy atom. The van der Waals surface area contributed by atoms with E-state index in [1.807, 2.05) is 0 Å². The van der Waals surface area contributed by atoms with E-state index < -0.39 is 29.6 Å². The number of carbonyl (C=O) groups is 1. The summed E-state index contributed by atoms with van der Waals surface area (Å²) in [6.45, 7) is 1.38. The molecule has 0 aromatic heterocycles. The molecule has 1 N–H and O–H groups in total. The molecule has 0 saturated heterocycles. The summed E-state index contributed by atoms with van der Waals surface area (Å²) in [5.74, 6) is -2.59. The predicted octanol–water partition coefficient (Wildman–Crippen LogP) is 2.93. The Morgan fingerprint density at radius 3 is 2.53 bits per heavy atom. The maximum absolute atomic E-state index is 13.2. The second-order valence-electron chi connectivity index (χ2n) is 4.09. The standard InChI is InChI=1S/C12H8F4O3/c1-5-2-7(13)3-6-4-8(11(17)18)10(12(14,15)16)19-9(5)6/h2-4,10H,1H3,(H,17,18). The first-order valence-corrected chi connectivity index (χ1v) is 5.18. The van der Waals surface area contributed by atoms with Crippen molar-refractivity contribution in [2.75, 3.05) is 0 Å². The van der Waals surface area contributed by atoms with Gasteiger partial charge in [-0.05, 0) is 30.7 Å². The lowest BCUT2D eigenvalue weighted by Gasteiger charge is -2.28. The minimum Gasteiger partial charge on any atom is -0.478 e. The van der Waals surface area contributed by atoms with Crippen LogP contribution in [-0.4, -0.2) is 23.4 Å². The molecule has 0 bridgehead atoms. The Balaban J connectivity index is 2.61. The zero-order valence-electron chi connectivity index (χ0n) is 9.58. The van der Waals surface area contributed by atoms with Crippen molar-refractivity contribution >= 4 is 12.0 Å². The van der Waals surface area contributed by atoms with E-state index in [9.17, 15) is 22.4 Å². The third kappa shape index (κ3) is 2.40. The number of aryl methyl sites for hydroxylation is 1. The fourth-order valence-electron chi connectivity index (χ4n) is 1.87. The molecule has 0 spiro atoms. The van der Waals surface area contributed by atoms with Gasteiger partial charge in [0.25, 0.3) is 0 Å². The molecule has 0 saturated carbocycles. The van der Waals surface area contributed by atoms with E-state index in [-0.39, 0.29) is 16.9 Å². The molecule has 1 aliphatic heterocycles. The first-order valence-electron chi connectivity index (χ1n) is 5.18. The fourth-order valence-corrected chi connectivity index (χ4v) is 1.87. The molecule has 0 radical (unpaired) electrons. The lowest BCUT2D eigenvalue weighted by Crippen LogP contribution is -2.40. The summed E-state index contributed by atoms with van der Waals surface area (Å²) >= 11 is 0. The first kappa shape index (κ1) is 13.4. The van der Waals surface area contributed by atoms with Gasteiger partial charge >= 0.3 is 12.1 Å². The highest BCUT2D eigenvalue weighted by Gasteiger charge is 2.48. The van der Waals surface area contributed by atoms with Gasteiger partial charge in [0, 0.05) is 5.56 Å². The van der Waals surface area contributed by atoms with Gasteiger partial charge in [-0.2, -0.15) is 13.2 Å². The van der Waals surface area contributed by atoms with Crippen LogP contribution in [0.15, 0.2) is 17.7 Å². The lowest BCUT2D eigenvalue weighted by molar-refractivity contribution is -0.187. The van der Waals surface area contributed by atoms with Crippen molar-refractivity contribution < 1.29 is 32.2 Å². The highest BCUT2D eigenvalue weighted by Crippen LogP contribution is 2.39. The molecular formula is C12H8F4O3. The largest absolute Gasteiger partial charge is 0.478 e. The quantitative estimate of drug-likeness (QED) is 0.802. The molecule has 3 nitrogen and oxygen atoms in total. The monoisotopic (exact) mass is 276 g/mol. The van der Waals surface area contributed by atoms with Crippen LogP contribution in [0.2, 0.25) is 0 Å². The summed E-state index contributed by atoms with van der Waals surface area (Å²) in [4.78, 5) is 10.8. The van der Waals surface area contributed by atoms with E-state index in [1.54, 1.807) is 0 Å². The molecule has 7 heteroatoms. The van der Waals surface area contributed by atoms with E-state index in [4.69, 9.17) is 9.84 Å². The van der Waals surface area contributed by atoms with Crippen LogP contribution in [0.1, 0.15) is 11.1 Å². The molecule has 1 unspecified atom stereocenters. The summed E-state index contributed by atoms with van der Waals surface area (Å²) in [7, 11) is 0. The van der Waals surface area contributed by atoms with Crippen molar-refractivity contribution in [1.29, 1.82) is 0 Å². The second kappa shape index (κ2) is 4.25. The van der Waals surface area contributed by atoms with Gasteiger partial charge in [-0.1, -0.05) is 0 Å². The number of hydrogen-bond donors (Lipinski definition) is 1. The molecule has 1 atom stereocenters. The van der Waals surface area contributed by atoms with Crippen molar-refractivity contribution in [2.24, 2.45) is 0 Å². The maximum Gasteiger partial charge on any atom is 0.430 e. The van der Waals surface area contributed by atoms with Crippen LogP contribution in [0.3, 0.4) is 0 Å². The van der Waals surface area contributed by atoms with Crippen LogP contribution in [0.25, 0.3) is 6.08 Å². The Kier molecular flexibility index (Phi) is 3.00. The number of carboxylic acid groups (broad SMARTS) is 1. The van der Waals surface area contributed by atoms with Crippen molar-refractivity contribution in [3.63, 3.8) is 0 Å². The number of fused-ring (bicyclic) bond motifs is 1. The zero-order valence-corrected chi connectivity index (χ0v) is 9.58. The topological polar surface area (TPSA) is 46.5 Å². The van der Waals surface area contributed by atoms with Gasteiger partial charge in [0.1, 0.15) is 11.6 Å². The Bertz CT molecular complexity index is 575. The number of aliphatic carboxylic acids is 1. The minimum atomic E-state index is -4.86. The van der Waals surface area contributed by atoms with Gasteiger partial charge in [-0.15, -0.1) is 0 Å². The molecule has 0 aliphatic carbocycles. The van der Waals surface area contributed by atoms with Gasteiger partial charge in [0.05, 0.1) is 5.57 Å². The molecule has 2 rings (SSSR count). The molecule has 102 valence electrons. The van der Waals surface area contributed by atoms with Crippen LogP contribution in [-0.2, 0) is 4.79 Å². The number of halogens is 4. The summed E-state index contributed by atoms with van der Waals surface area (Å²) < 4.78 is 56.1. The fraction of sp³-hybridized carbons (Fsp3) is 0.250. The number of benzene rings is 1. The van der Waals surface area contributed by atoms with Crippen molar-refractivity contribution in [2.45, 2.75) is 19.2 Å². The van der Waals surface area contributed by atoms with E-state index in [2.05, 4.69) is 0 Å². The van der Waals surface area contributed by atoms with E-state index in [0.29, 0.717) is 0 Å².